The van der Waals surface area contributed by atoms with Gasteiger partial charge in [0.2, 0.25) is 0 Å². The van der Waals surface area contributed by atoms with E-state index in [4.69, 9.17) is 0 Å². The summed E-state index contributed by atoms with van der Waals surface area (Å²) < 4.78 is 14.6. The van der Waals surface area contributed by atoms with Gasteiger partial charge >= 0.3 is 0 Å². The molecular weight excluding hydrogens is 331 g/mol. The van der Waals surface area contributed by atoms with Gasteiger partial charge in [-0.25, -0.2) is 9.37 Å². The lowest BCUT2D eigenvalue weighted by Gasteiger charge is -2.12. The summed E-state index contributed by atoms with van der Waals surface area (Å²) in [6, 6.07) is 5.27. The number of halogens is 1. The number of rotatable bonds is 7. The van der Waals surface area contributed by atoms with Crippen LogP contribution in [-0.4, -0.2) is 30.3 Å². The maximum Gasteiger partial charge on any atom is 0.191 e. The van der Waals surface area contributed by atoms with Crippen molar-refractivity contribution < 1.29 is 4.39 Å². The van der Waals surface area contributed by atoms with Gasteiger partial charge < -0.3 is 10.6 Å². The molecule has 2 N–H and O–H groups in total. The Kier molecular flexibility index (Phi) is 7.35. The first-order valence-corrected chi connectivity index (χ1v) is 9.27. The summed E-state index contributed by atoms with van der Waals surface area (Å²) >= 11 is 3.43. The molecule has 1 aromatic heterocycles. The molecule has 1 heterocycles. The van der Waals surface area contributed by atoms with E-state index in [9.17, 15) is 4.39 Å². The van der Waals surface area contributed by atoms with Crippen molar-refractivity contribution in [2.45, 2.75) is 24.2 Å². The Hall–Kier alpha value is -1.60. The molecule has 0 unspecified atom stereocenters. The number of nitrogens with one attached hydrogen (secondary N) is 2. The van der Waals surface area contributed by atoms with Gasteiger partial charge in [0.05, 0.1) is 0 Å². The lowest BCUT2D eigenvalue weighted by atomic mass is 10.1. The fourth-order valence-corrected chi connectivity index (χ4v) is 3.52. The number of nitrogens with zero attached hydrogens (tertiary/aromatic N) is 2. The normalized spacial score (nSPS) is 11.5. The number of guanidine groups is 1. The average Bonchev–Trinajstić information content (AvgIpc) is 3.06. The van der Waals surface area contributed by atoms with Crippen molar-refractivity contribution in [1.29, 1.82) is 0 Å². The molecule has 7 heteroatoms. The van der Waals surface area contributed by atoms with E-state index in [0.29, 0.717) is 12.1 Å². The molecule has 0 aliphatic heterocycles. The molecule has 0 radical (unpaired) electrons. The molecule has 1 aromatic carbocycles. The van der Waals surface area contributed by atoms with Gasteiger partial charge in [-0.05, 0) is 30.5 Å². The summed E-state index contributed by atoms with van der Waals surface area (Å²) in [5, 5.41) is 8.44. The number of hydrogen-bond donors (Lipinski definition) is 2. The first-order valence-electron chi connectivity index (χ1n) is 7.41. The molecule has 4 nitrogen and oxygen atoms in total. The number of aromatic nitrogens is 1. The standard InChI is InChI=1S/C16H21FN4S2/c1-12-4-5-13(10-14(12)17)11-21-15(18-2)19-6-3-8-22-16-20-7-9-23-16/h4-5,7,9-10H,3,6,8,11H2,1-2H3,(H2,18,19,21). The highest BCUT2D eigenvalue weighted by Crippen LogP contribution is 2.20. The molecule has 124 valence electrons. The van der Waals surface area contributed by atoms with Crippen molar-refractivity contribution in [1.82, 2.24) is 15.6 Å². The van der Waals surface area contributed by atoms with Gasteiger partial charge in [0.15, 0.2) is 5.96 Å². The highest BCUT2D eigenvalue weighted by Gasteiger charge is 2.02. The summed E-state index contributed by atoms with van der Waals surface area (Å²) in [4.78, 5) is 8.41. The van der Waals surface area contributed by atoms with E-state index < -0.39 is 0 Å². The Morgan fingerprint density at radius 2 is 2.26 bits per heavy atom. The molecule has 0 bridgehead atoms. The van der Waals surface area contributed by atoms with Gasteiger partial charge in [0, 0.05) is 37.5 Å². The number of aliphatic imine (C=N–C) groups is 1. The lowest BCUT2D eigenvalue weighted by molar-refractivity contribution is 0.615. The molecule has 0 amide bonds. The number of hydrogen-bond acceptors (Lipinski definition) is 4. The van der Waals surface area contributed by atoms with Crippen molar-refractivity contribution >= 4 is 29.1 Å². The quantitative estimate of drug-likeness (QED) is 0.347. The van der Waals surface area contributed by atoms with E-state index in [2.05, 4.69) is 20.6 Å². The minimum Gasteiger partial charge on any atom is -0.356 e. The van der Waals surface area contributed by atoms with Crippen LogP contribution in [0.1, 0.15) is 17.5 Å². The van der Waals surface area contributed by atoms with Crippen molar-refractivity contribution in [2.75, 3.05) is 19.3 Å². The van der Waals surface area contributed by atoms with Gasteiger partial charge in [0.1, 0.15) is 10.2 Å². The van der Waals surface area contributed by atoms with E-state index in [-0.39, 0.29) is 5.82 Å². The Morgan fingerprint density at radius 1 is 1.39 bits per heavy atom. The van der Waals surface area contributed by atoms with Crippen LogP contribution in [0.15, 0.2) is 39.1 Å². The fraction of sp³-hybridized carbons (Fsp3) is 0.375. The zero-order valence-corrected chi connectivity index (χ0v) is 14.9. The third-order valence-electron chi connectivity index (χ3n) is 3.17. The Balaban J connectivity index is 1.65. The Labute approximate surface area is 144 Å². The van der Waals surface area contributed by atoms with Crippen LogP contribution in [0.4, 0.5) is 4.39 Å². The highest BCUT2D eigenvalue weighted by atomic mass is 32.2. The van der Waals surface area contributed by atoms with E-state index in [1.54, 1.807) is 49.2 Å². The van der Waals surface area contributed by atoms with Crippen molar-refractivity contribution in [2.24, 2.45) is 4.99 Å². The van der Waals surface area contributed by atoms with Crippen LogP contribution < -0.4 is 10.6 Å². The summed E-state index contributed by atoms with van der Waals surface area (Å²) in [7, 11) is 1.73. The summed E-state index contributed by atoms with van der Waals surface area (Å²) in [6.45, 7) is 3.14. The molecular formula is C16H21FN4S2. The van der Waals surface area contributed by atoms with Gasteiger partial charge in [-0.2, -0.15) is 0 Å². The minimum atomic E-state index is -0.175. The zero-order chi connectivity index (χ0) is 16.5. The summed E-state index contributed by atoms with van der Waals surface area (Å²) in [5.41, 5.74) is 1.56. The fourth-order valence-electron chi connectivity index (χ4n) is 1.87. The maximum atomic E-state index is 13.5. The predicted molar refractivity (Wildman–Crippen MR) is 96.8 cm³/mol. The first-order chi connectivity index (χ1) is 11.2. The van der Waals surface area contributed by atoms with Crippen LogP contribution in [0, 0.1) is 12.7 Å². The van der Waals surface area contributed by atoms with Crippen LogP contribution in [0.2, 0.25) is 0 Å². The number of benzene rings is 1. The second-order valence-corrected chi connectivity index (χ2v) is 7.17. The van der Waals surface area contributed by atoms with Gasteiger partial charge in [-0.3, -0.25) is 4.99 Å². The van der Waals surface area contributed by atoms with Gasteiger partial charge in [-0.15, -0.1) is 11.3 Å². The summed E-state index contributed by atoms with van der Waals surface area (Å²) in [6.07, 6.45) is 2.84. The smallest absolute Gasteiger partial charge is 0.191 e. The van der Waals surface area contributed by atoms with E-state index in [1.165, 1.54) is 0 Å². The summed E-state index contributed by atoms with van der Waals surface area (Å²) in [5.74, 6) is 1.57. The van der Waals surface area contributed by atoms with Crippen LogP contribution in [0.25, 0.3) is 0 Å². The first kappa shape index (κ1) is 17.7. The SMILES string of the molecule is CN=C(NCCCSc1nccs1)NCc1ccc(C)c(F)c1. The molecule has 2 aromatic rings. The highest BCUT2D eigenvalue weighted by molar-refractivity contribution is 8.00. The Bertz CT molecular complexity index is 629. The molecule has 0 aliphatic carbocycles. The van der Waals surface area contributed by atoms with Gasteiger partial charge in [0.25, 0.3) is 0 Å². The number of thioether (sulfide) groups is 1. The number of thiazole rings is 1. The molecule has 2 rings (SSSR count). The number of aryl methyl sites for hydroxylation is 1. The van der Waals surface area contributed by atoms with Crippen LogP contribution in [0.3, 0.4) is 0 Å². The van der Waals surface area contributed by atoms with Crippen LogP contribution in [0.5, 0.6) is 0 Å². The van der Waals surface area contributed by atoms with Crippen molar-refractivity contribution in [3.05, 3.63) is 46.7 Å². The van der Waals surface area contributed by atoms with E-state index >= 15 is 0 Å². The maximum absolute atomic E-state index is 13.5. The molecule has 23 heavy (non-hydrogen) atoms. The topological polar surface area (TPSA) is 49.3 Å². The van der Waals surface area contributed by atoms with E-state index in [1.807, 2.05) is 17.6 Å². The Morgan fingerprint density at radius 3 is 2.96 bits per heavy atom. The largest absolute Gasteiger partial charge is 0.356 e. The third kappa shape index (κ3) is 6.19. The monoisotopic (exact) mass is 352 g/mol. The molecule has 0 spiro atoms. The second-order valence-electron chi connectivity index (χ2n) is 4.94. The molecule has 0 fully saturated rings. The molecule has 0 atom stereocenters. The van der Waals surface area contributed by atoms with Gasteiger partial charge in [-0.1, -0.05) is 23.9 Å². The minimum absolute atomic E-state index is 0.175. The van der Waals surface area contributed by atoms with E-state index in [0.717, 1.165) is 34.6 Å². The molecule has 0 saturated carbocycles. The van der Waals surface area contributed by atoms with Crippen molar-refractivity contribution in [3.63, 3.8) is 0 Å². The second kappa shape index (κ2) is 9.52. The molecule has 0 aliphatic rings. The molecule has 0 saturated heterocycles. The average molecular weight is 353 g/mol. The third-order valence-corrected chi connectivity index (χ3v) is 5.22. The zero-order valence-electron chi connectivity index (χ0n) is 13.3. The van der Waals surface area contributed by atoms with Crippen LogP contribution in [-0.2, 0) is 6.54 Å². The van der Waals surface area contributed by atoms with Crippen molar-refractivity contribution in [3.8, 4) is 0 Å². The predicted octanol–water partition coefficient (Wildman–Crippen LogP) is 3.44. The lowest BCUT2D eigenvalue weighted by Crippen LogP contribution is -2.37. The van der Waals surface area contributed by atoms with Crippen LogP contribution >= 0.6 is 23.1 Å².